The van der Waals surface area contributed by atoms with Crippen molar-refractivity contribution in [3.63, 3.8) is 0 Å². The number of ether oxygens (including phenoxy) is 2. The average Bonchev–Trinajstić information content (AvgIpc) is 3.49. The summed E-state index contributed by atoms with van der Waals surface area (Å²) >= 11 is -1.61. The summed E-state index contributed by atoms with van der Waals surface area (Å²) in [7, 11) is 0. The molecule has 0 saturated carbocycles. The average molecular weight is 593 g/mol. The Labute approximate surface area is 244 Å². The number of halogens is 2. The first-order chi connectivity index (χ1) is 20.6. The molecule has 9 nitrogen and oxygen atoms in total. The smallest absolute Gasteiger partial charge is 0.163 e. The van der Waals surface area contributed by atoms with Crippen LogP contribution in [-0.2, 0) is 16.1 Å². The van der Waals surface area contributed by atoms with Crippen LogP contribution in [0.3, 0.4) is 0 Å². The first kappa shape index (κ1) is 28.1. The highest BCUT2D eigenvalue weighted by Gasteiger charge is 2.23. The van der Waals surface area contributed by atoms with E-state index in [0.29, 0.717) is 72.3 Å². The van der Waals surface area contributed by atoms with E-state index >= 15 is 4.39 Å². The lowest BCUT2D eigenvalue weighted by Gasteiger charge is -2.29. The molecule has 6 rings (SSSR count). The Morgan fingerprint density at radius 1 is 1.14 bits per heavy atom. The van der Waals surface area contributed by atoms with Gasteiger partial charge >= 0.3 is 0 Å². The van der Waals surface area contributed by atoms with Crippen LogP contribution in [0.15, 0.2) is 54.9 Å². The molecule has 0 radical (unpaired) electrons. The maximum Gasteiger partial charge on any atom is 0.163 e. The number of aromatic nitrogens is 4. The van der Waals surface area contributed by atoms with Crippen molar-refractivity contribution in [1.29, 1.82) is 0 Å². The molecule has 2 N–H and O–H groups in total. The molecule has 1 unspecified atom stereocenters. The summed E-state index contributed by atoms with van der Waals surface area (Å²) in [5.74, 6) is 1.20. The Kier molecular flexibility index (Phi) is 8.36. The molecule has 42 heavy (non-hydrogen) atoms. The summed E-state index contributed by atoms with van der Waals surface area (Å²) in [6, 6.07) is 12.4. The van der Waals surface area contributed by atoms with Crippen LogP contribution < -0.4 is 14.4 Å². The maximum absolute atomic E-state index is 15.8. The van der Waals surface area contributed by atoms with E-state index in [1.165, 1.54) is 6.07 Å². The summed E-state index contributed by atoms with van der Waals surface area (Å²) in [5, 5.41) is 1.65. The van der Waals surface area contributed by atoms with Gasteiger partial charge < -0.3 is 23.9 Å². The third-order valence-corrected chi connectivity index (χ3v) is 8.12. The molecule has 0 bridgehead atoms. The van der Waals surface area contributed by atoms with E-state index in [1.54, 1.807) is 24.4 Å². The molecule has 1 saturated heterocycles. The van der Waals surface area contributed by atoms with Crippen LogP contribution in [-0.4, -0.2) is 69.8 Å². The summed E-state index contributed by atoms with van der Waals surface area (Å²) in [4.78, 5) is 19.7. The van der Waals surface area contributed by atoms with E-state index in [2.05, 4.69) is 19.6 Å². The minimum atomic E-state index is -1.61. The number of hydrogen-bond donors (Lipinski definition) is 2. The monoisotopic (exact) mass is 592 g/mol. The molecule has 1 aliphatic heterocycles. The Balaban J connectivity index is 1.51. The zero-order valence-corrected chi connectivity index (χ0v) is 23.8. The second kappa shape index (κ2) is 12.5. The number of H-pyrrole nitrogens is 1. The number of pyridine rings is 1. The van der Waals surface area contributed by atoms with E-state index in [9.17, 15) is 8.94 Å². The van der Waals surface area contributed by atoms with Gasteiger partial charge in [0.2, 0.25) is 0 Å². The Morgan fingerprint density at radius 2 is 2.00 bits per heavy atom. The number of aromatic amines is 1. The number of benzene rings is 2. The largest absolute Gasteiger partial charge is 0.593 e. The van der Waals surface area contributed by atoms with Gasteiger partial charge in [-0.3, -0.25) is 4.39 Å². The second-order valence-corrected chi connectivity index (χ2v) is 11.1. The maximum atomic E-state index is 15.8. The first-order valence-corrected chi connectivity index (χ1v) is 15.1. The van der Waals surface area contributed by atoms with Gasteiger partial charge in [0, 0.05) is 53.8 Å². The van der Waals surface area contributed by atoms with Crippen LogP contribution in [0.4, 0.5) is 20.3 Å². The molecule has 218 valence electrons. The van der Waals surface area contributed by atoms with Crippen molar-refractivity contribution in [3.8, 4) is 28.3 Å². The van der Waals surface area contributed by atoms with Crippen LogP contribution in [0.1, 0.15) is 13.3 Å². The molecular weight excluding hydrogens is 562 g/mol. The number of morpholine rings is 1. The quantitative estimate of drug-likeness (QED) is 0.200. The van der Waals surface area contributed by atoms with Crippen LogP contribution in [0.2, 0.25) is 0 Å². The highest BCUT2D eigenvalue weighted by Crippen LogP contribution is 2.39. The van der Waals surface area contributed by atoms with Crippen molar-refractivity contribution in [2.75, 3.05) is 55.0 Å². The Morgan fingerprint density at radius 3 is 2.81 bits per heavy atom. The van der Waals surface area contributed by atoms with Crippen LogP contribution in [0.5, 0.6) is 5.75 Å². The standard InChI is InChI=1S/C30H30F2N6O3S/c1-2-41-25-17-20(22-5-3-6-24(26(22)32)37-42(39)14-4-8-31)16-23-27(25)35-29(36-30(23)38-10-12-40-13-11-38)21-15-19-7-9-33-28(19)34-18-21/h3,5-7,9,15-18,37H,2,4,8,10-14H2,1H3,(H,33,34). The van der Waals surface area contributed by atoms with Crippen molar-refractivity contribution in [2.24, 2.45) is 0 Å². The first-order valence-electron chi connectivity index (χ1n) is 13.8. The molecule has 5 aromatic rings. The van der Waals surface area contributed by atoms with Gasteiger partial charge in [-0.2, -0.15) is 0 Å². The summed E-state index contributed by atoms with van der Waals surface area (Å²) in [6.07, 6.45) is 3.70. The zero-order chi connectivity index (χ0) is 29.1. The molecule has 0 amide bonds. The summed E-state index contributed by atoms with van der Waals surface area (Å²) in [5.41, 5.74) is 3.07. The van der Waals surface area contributed by atoms with E-state index in [1.807, 2.05) is 31.3 Å². The summed E-state index contributed by atoms with van der Waals surface area (Å²) in [6.45, 7) is 4.04. The Bertz CT molecular complexity index is 1710. The molecule has 4 heterocycles. The molecule has 1 fully saturated rings. The fourth-order valence-corrected chi connectivity index (χ4v) is 5.88. The third kappa shape index (κ3) is 5.69. The lowest BCUT2D eigenvalue weighted by atomic mass is 10.0. The number of hydrogen-bond acceptors (Lipinski definition) is 8. The highest BCUT2D eigenvalue weighted by atomic mass is 32.2. The van der Waals surface area contributed by atoms with Crippen molar-refractivity contribution in [3.05, 3.63) is 60.7 Å². The predicted molar refractivity (Wildman–Crippen MR) is 161 cm³/mol. The predicted octanol–water partition coefficient (Wildman–Crippen LogP) is 5.65. The fraction of sp³-hybridized carbons (Fsp3) is 0.300. The minimum Gasteiger partial charge on any atom is -0.593 e. The van der Waals surface area contributed by atoms with E-state index < -0.39 is 23.9 Å². The zero-order valence-electron chi connectivity index (χ0n) is 23.0. The van der Waals surface area contributed by atoms with Crippen LogP contribution in [0, 0.1) is 5.82 Å². The van der Waals surface area contributed by atoms with Crippen molar-refractivity contribution >= 4 is 44.8 Å². The van der Waals surface area contributed by atoms with Crippen molar-refractivity contribution in [2.45, 2.75) is 13.3 Å². The normalized spacial score (nSPS) is 14.4. The van der Waals surface area contributed by atoms with Crippen LogP contribution >= 0.6 is 0 Å². The van der Waals surface area contributed by atoms with Crippen molar-refractivity contribution < 1.29 is 22.8 Å². The molecule has 3 aromatic heterocycles. The molecule has 1 atom stereocenters. The van der Waals surface area contributed by atoms with E-state index in [0.717, 1.165) is 16.6 Å². The van der Waals surface area contributed by atoms with Gasteiger partial charge in [0.25, 0.3) is 0 Å². The minimum absolute atomic E-state index is 0.0791. The number of nitrogens with zero attached hydrogens (tertiary/aromatic N) is 4. The Hall–Kier alpha value is -4.00. The number of rotatable bonds is 10. The molecule has 1 aliphatic rings. The number of anilines is 2. The van der Waals surface area contributed by atoms with E-state index in [4.69, 9.17) is 19.4 Å². The van der Waals surface area contributed by atoms with E-state index in [-0.39, 0.29) is 17.9 Å². The molecule has 0 spiro atoms. The molecule has 0 aliphatic carbocycles. The number of fused-ring (bicyclic) bond motifs is 2. The lowest BCUT2D eigenvalue weighted by molar-refractivity contribution is 0.122. The molecule has 2 aromatic carbocycles. The molecule has 12 heteroatoms. The van der Waals surface area contributed by atoms with Crippen molar-refractivity contribution in [1.82, 2.24) is 19.9 Å². The van der Waals surface area contributed by atoms with Gasteiger partial charge in [-0.15, -0.1) is 0 Å². The highest BCUT2D eigenvalue weighted by molar-refractivity contribution is 7.92. The number of nitrogens with one attached hydrogen (secondary N) is 2. The van der Waals surface area contributed by atoms with Gasteiger partial charge in [-0.25, -0.2) is 24.1 Å². The molecular formula is C30H30F2N6O3S. The second-order valence-electron chi connectivity index (χ2n) is 9.77. The fourth-order valence-electron chi connectivity index (χ4n) is 5.01. The van der Waals surface area contributed by atoms with Gasteiger partial charge in [-0.1, -0.05) is 12.1 Å². The van der Waals surface area contributed by atoms with Gasteiger partial charge in [0.15, 0.2) is 11.6 Å². The van der Waals surface area contributed by atoms with Crippen LogP contribution in [0.25, 0.3) is 44.5 Å². The van der Waals surface area contributed by atoms with Gasteiger partial charge in [0.1, 0.15) is 34.2 Å². The third-order valence-electron chi connectivity index (χ3n) is 7.01. The lowest BCUT2D eigenvalue weighted by Crippen LogP contribution is -2.37. The number of alkyl halides is 1. The topological polar surface area (TPSA) is 111 Å². The van der Waals surface area contributed by atoms with Gasteiger partial charge in [-0.05, 0) is 42.8 Å². The van der Waals surface area contributed by atoms with Gasteiger partial charge in [0.05, 0.1) is 37.9 Å². The SMILES string of the molecule is CCOc1cc(-c2cccc(N[S+]([O-])CCCF)c2F)cc2c(N3CCOCC3)nc(-c3cnc4[nH]ccc4c3)nc12. The summed E-state index contributed by atoms with van der Waals surface area (Å²) < 4.78 is 55.0.